The average Bonchev–Trinajstić information content (AvgIpc) is 2.76. The van der Waals surface area contributed by atoms with Gasteiger partial charge in [-0.3, -0.25) is 9.59 Å². The van der Waals surface area contributed by atoms with Crippen LogP contribution in [-0.2, 0) is 7.05 Å². The molecule has 3 aromatic rings. The van der Waals surface area contributed by atoms with E-state index in [4.69, 9.17) is 11.6 Å². The highest BCUT2D eigenvalue weighted by Crippen LogP contribution is 2.34. The Bertz CT molecular complexity index is 1260. The molecule has 1 saturated heterocycles. The number of aliphatic hydroxyl groups excluding tert-OH is 1. The molecule has 0 bridgehead atoms. The smallest absolute Gasteiger partial charge is 0.420 e. The fourth-order valence-corrected chi connectivity index (χ4v) is 3.68. The molecule has 11 heteroatoms. The van der Waals surface area contributed by atoms with Crippen molar-refractivity contribution >= 4 is 29.0 Å². The van der Waals surface area contributed by atoms with Crippen LogP contribution in [0.2, 0.25) is 0 Å². The number of nitrogens with zero attached hydrogens (tertiary/aromatic N) is 3. The van der Waals surface area contributed by atoms with Gasteiger partial charge >= 0.3 is 5.57 Å². The molecule has 1 fully saturated rings. The van der Waals surface area contributed by atoms with Gasteiger partial charge < -0.3 is 24.6 Å². The van der Waals surface area contributed by atoms with Crippen molar-refractivity contribution in [3.63, 3.8) is 0 Å². The number of amides is 1. The normalized spacial score (nSPS) is 15.6. The number of hydrogen-bond donors (Lipinski definition) is 2. The molecule has 0 aliphatic carbocycles. The van der Waals surface area contributed by atoms with E-state index in [1.165, 1.54) is 41.1 Å². The molecule has 2 N–H and O–H groups in total. The van der Waals surface area contributed by atoms with E-state index in [1.54, 1.807) is 25.4 Å². The Morgan fingerprint density at radius 3 is 2.62 bits per heavy atom. The van der Waals surface area contributed by atoms with E-state index in [0.29, 0.717) is 29.2 Å². The Morgan fingerprint density at radius 2 is 2.03 bits per heavy atom. The first-order valence-corrected chi connectivity index (χ1v) is 10.7. The van der Waals surface area contributed by atoms with Gasteiger partial charge in [-0.2, -0.15) is 0 Å². The number of alkyl halides is 3. The first-order valence-electron chi connectivity index (χ1n) is 10.4. The minimum atomic E-state index is -3.83. The Kier molecular flexibility index (Phi) is 6.54. The minimum Gasteiger partial charge on any atom is -0.420 e. The van der Waals surface area contributed by atoms with Crippen LogP contribution in [0.1, 0.15) is 16.8 Å². The number of nitrogens with one attached hydrogen (secondary N) is 1. The number of aromatic nitrogens is 2. The Hall–Kier alpha value is -3.50. The zero-order valence-electron chi connectivity index (χ0n) is 18.0. The lowest BCUT2D eigenvalue weighted by Crippen LogP contribution is -2.50. The van der Waals surface area contributed by atoms with Crippen LogP contribution < -0.4 is 20.5 Å². The predicted octanol–water partition coefficient (Wildman–Crippen LogP) is 3.44. The standard InChI is InChI=1S/C23H21ClF2N4O4/c1-29-8-6-14(11-20(29)32)19-10-15(12-27-21(19)30-9-7-17(30)13-31)22(33)28-16-2-4-18(5-3-16)34-23(24,25)26/h2-6,8,10-12,17,31H,7,9,13H2,1H3,(H,28,33)/t17-/m1/s1. The molecule has 1 amide bonds. The van der Waals surface area contributed by atoms with Crippen LogP contribution in [0.15, 0.2) is 59.7 Å². The van der Waals surface area contributed by atoms with Crippen LogP contribution in [-0.4, -0.2) is 45.3 Å². The lowest BCUT2D eigenvalue weighted by atomic mass is 9.99. The van der Waals surface area contributed by atoms with Crippen LogP contribution in [0, 0.1) is 0 Å². The van der Waals surface area contributed by atoms with E-state index in [2.05, 4.69) is 15.0 Å². The van der Waals surface area contributed by atoms with Gasteiger partial charge in [0.05, 0.1) is 18.2 Å². The lowest BCUT2D eigenvalue weighted by Gasteiger charge is -2.41. The fourth-order valence-electron chi connectivity index (χ4n) is 3.59. The zero-order valence-corrected chi connectivity index (χ0v) is 18.8. The molecule has 2 aromatic heterocycles. The Balaban J connectivity index is 1.62. The quantitative estimate of drug-likeness (QED) is 0.492. The Labute approximate surface area is 198 Å². The van der Waals surface area contributed by atoms with E-state index >= 15 is 0 Å². The summed E-state index contributed by atoms with van der Waals surface area (Å²) in [5.41, 5.74) is -2.31. The van der Waals surface area contributed by atoms with E-state index in [1.807, 2.05) is 4.90 Å². The molecule has 4 rings (SSSR count). The highest BCUT2D eigenvalue weighted by atomic mass is 35.5. The number of rotatable bonds is 7. The SMILES string of the molecule is Cn1ccc(-c2cc(C(=O)Nc3ccc(OC(F)(F)Cl)cc3)cnc2N2CC[C@@H]2CO)cc1=O. The predicted molar refractivity (Wildman–Crippen MR) is 124 cm³/mol. The number of hydrogen-bond acceptors (Lipinski definition) is 6. The molecule has 0 unspecified atom stereocenters. The Morgan fingerprint density at radius 1 is 1.29 bits per heavy atom. The van der Waals surface area contributed by atoms with Crippen LogP contribution in [0.4, 0.5) is 20.3 Å². The third kappa shape index (κ3) is 5.18. The first-order chi connectivity index (χ1) is 16.1. The van der Waals surface area contributed by atoms with E-state index in [0.717, 1.165) is 6.42 Å². The van der Waals surface area contributed by atoms with Crippen LogP contribution in [0.5, 0.6) is 5.75 Å². The highest BCUT2D eigenvalue weighted by Gasteiger charge is 2.31. The molecule has 0 radical (unpaired) electrons. The van der Waals surface area contributed by atoms with Gasteiger partial charge in [0.15, 0.2) is 0 Å². The van der Waals surface area contributed by atoms with Crippen LogP contribution in [0.25, 0.3) is 11.1 Å². The van der Waals surface area contributed by atoms with Crippen molar-refractivity contribution in [2.45, 2.75) is 18.0 Å². The molecular weight excluding hydrogens is 470 g/mol. The number of benzene rings is 1. The van der Waals surface area contributed by atoms with Gasteiger partial charge in [-0.25, -0.2) is 4.98 Å². The number of pyridine rings is 2. The number of carbonyl (C=O) groups excluding carboxylic acids is 1. The van der Waals surface area contributed by atoms with Gasteiger partial charge in [-0.05, 0) is 48.4 Å². The first kappa shape index (κ1) is 23.7. The van der Waals surface area contributed by atoms with E-state index in [-0.39, 0.29) is 29.5 Å². The maximum atomic E-state index is 12.9. The molecule has 0 saturated carbocycles. The molecule has 178 valence electrons. The summed E-state index contributed by atoms with van der Waals surface area (Å²) in [6.07, 6.45) is 3.85. The molecule has 8 nitrogen and oxygen atoms in total. The van der Waals surface area contributed by atoms with Crippen molar-refractivity contribution in [1.82, 2.24) is 9.55 Å². The monoisotopic (exact) mass is 490 g/mol. The molecule has 1 aliphatic rings. The fraction of sp³-hybridized carbons (Fsp3) is 0.261. The second kappa shape index (κ2) is 9.40. The van der Waals surface area contributed by atoms with Gasteiger partial charge in [-0.1, -0.05) is 0 Å². The maximum absolute atomic E-state index is 12.9. The molecular formula is C23H21ClF2N4O4. The highest BCUT2D eigenvalue weighted by molar-refractivity contribution is 6.20. The maximum Gasteiger partial charge on any atom is 0.487 e. The van der Waals surface area contributed by atoms with Gasteiger partial charge in [0, 0.05) is 54.9 Å². The topological polar surface area (TPSA) is 96.7 Å². The van der Waals surface area contributed by atoms with Gasteiger partial charge in [0.25, 0.3) is 11.5 Å². The average molecular weight is 491 g/mol. The van der Waals surface area contributed by atoms with Crippen molar-refractivity contribution in [2.75, 3.05) is 23.4 Å². The molecule has 34 heavy (non-hydrogen) atoms. The van der Waals surface area contributed by atoms with Crippen molar-refractivity contribution < 1.29 is 23.4 Å². The van der Waals surface area contributed by atoms with Crippen molar-refractivity contribution in [3.8, 4) is 16.9 Å². The molecule has 1 aliphatic heterocycles. The zero-order chi connectivity index (χ0) is 24.5. The third-order valence-electron chi connectivity index (χ3n) is 5.52. The van der Waals surface area contributed by atoms with E-state index < -0.39 is 11.5 Å². The summed E-state index contributed by atoms with van der Waals surface area (Å²) in [5, 5.41) is 12.3. The second-order valence-electron chi connectivity index (χ2n) is 7.80. The van der Waals surface area contributed by atoms with Crippen LogP contribution >= 0.6 is 11.6 Å². The number of ether oxygens (including phenoxy) is 1. The number of aryl methyl sites for hydroxylation is 1. The molecule has 0 spiro atoms. The van der Waals surface area contributed by atoms with Crippen LogP contribution in [0.3, 0.4) is 0 Å². The molecule has 3 heterocycles. The van der Waals surface area contributed by atoms with Crippen molar-refractivity contribution in [1.29, 1.82) is 0 Å². The molecule has 1 atom stereocenters. The summed E-state index contributed by atoms with van der Waals surface area (Å²) < 4.78 is 31.2. The summed E-state index contributed by atoms with van der Waals surface area (Å²) in [5.74, 6) is -0.0775. The van der Waals surface area contributed by atoms with Gasteiger partial charge in [-0.15, -0.1) is 8.78 Å². The third-order valence-corrected chi connectivity index (χ3v) is 5.59. The minimum absolute atomic E-state index is 0.0325. The number of carbonyl (C=O) groups is 1. The summed E-state index contributed by atoms with van der Waals surface area (Å²) in [4.78, 5) is 31.5. The van der Waals surface area contributed by atoms with Crippen molar-refractivity contribution in [3.05, 3.63) is 70.8 Å². The lowest BCUT2D eigenvalue weighted by molar-refractivity contribution is -0.0964. The summed E-state index contributed by atoms with van der Waals surface area (Å²) >= 11 is 4.75. The molecule has 1 aromatic carbocycles. The number of anilines is 2. The largest absolute Gasteiger partial charge is 0.487 e. The summed E-state index contributed by atoms with van der Waals surface area (Å²) in [6.45, 7) is 0.659. The van der Waals surface area contributed by atoms with E-state index in [9.17, 15) is 23.5 Å². The van der Waals surface area contributed by atoms with Crippen molar-refractivity contribution in [2.24, 2.45) is 7.05 Å². The second-order valence-corrected chi connectivity index (χ2v) is 8.24. The summed E-state index contributed by atoms with van der Waals surface area (Å²) in [7, 11) is 1.64. The number of aliphatic hydroxyl groups is 1. The van der Waals surface area contributed by atoms with Gasteiger partial charge in [0.1, 0.15) is 11.6 Å². The van der Waals surface area contributed by atoms with Gasteiger partial charge in [0.2, 0.25) is 0 Å². The number of halogens is 3. The summed E-state index contributed by atoms with van der Waals surface area (Å²) in [6, 6.07) is 10.0.